The van der Waals surface area contributed by atoms with E-state index >= 15 is 0 Å². The van der Waals surface area contributed by atoms with Crippen LogP contribution in [-0.2, 0) is 0 Å². The number of hydrogen-bond donors (Lipinski definition) is 2. The highest BCUT2D eigenvalue weighted by Gasteiger charge is 2.13. The van der Waals surface area contributed by atoms with Gasteiger partial charge in [0.05, 0.1) is 10.7 Å². The first-order valence-corrected chi connectivity index (χ1v) is 7.17. The van der Waals surface area contributed by atoms with Gasteiger partial charge in [0.15, 0.2) is 5.82 Å². The van der Waals surface area contributed by atoms with E-state index in [1.807, 2.05) is 0 Å². The number of rotatable bonds is 4. The van der Waals surface area contributed by atoms with Gasteiger partial charge in [0.2, 0.25) is 5.28 Å². The van der Waals surface area contributed by atoms with Gasteiger partial charge >= 0.3 is 0 Å². The molecular formula is C14H9Cl2F2N5. The molecule has 0 unspecified atom stereocenters. The zero-order chi connectivity index (χ0) is 16.4. The molecule has 118 valence electrons. The maximum atomic E-state index is 12.7. The Hall–Kier alpha value is -2.25. The number of nitrogens with zero attached hydrogens (tertiary/aromatic N) is 3. The van der Waals surface area contributed by atoms with Gasteiger partial charge in [0, 0.05) is 23.4 Å². The van der Waals surface area contributed by atoms with Gasteiger partial charge in [-0.1, -0.05) is 23.7 Å². The highest BCUT2D eigenvalue weighted by molar-refractivity contribution is 6.31. The number of H-pyrrole nitrogens is 1. The molecule has 0 aliphatic carbocycles. The Balaban J connectivity index is 1.83. The van der Waals surface area contributed by atoms with Gasteiger partial charge in [0.25, 0.3) is 6.43 Å². The van der Waals surface area contributed by atoms with Crippen LogP contribution in [0.15, 0.2) is 36.5 Å². The molecule has 0 fully saturated rings. The number of halogens is 4. The molecule has 0 saturated carbocycles. The smallest absolute Gasteiger partial charge is 0.265 e. The number of anilines is 2. The molecule has 0 spiro atoms. The quantitative estimate of drug-likeness (QED) is 0.656. The molecule has 3 rings (SSSR count). The van der Waals surface area contributed by atoms with Crippen LogP contribution in [0.2, 0.25) is 10.3 Å². The largest absolute Gasteiger partial charge is 0.323 e. The standard InChI is InChI=1S/C14H9Cl2F2N5/c15-9-5-7(1-2-8(9)13(17)18)10-6-12(23-22-10)20-11-3-4-19-14(16)21-11/h1-6,13H,(H2,19,20,21,22,23). The van der Waals surface area contributed by atoms with E-state index in [1.54, 1.807) is 18.2 Å². The molecule has 0 saturated heterocycles. The summed E-state index contributed by atoms with van der Waals surface area (Å²) in [4.78, 5) is 7.76. The normalized spacial score (nSPS) is 11.0. The fourth-order valence-corrected chi connectivity index (χ4v) is 2.35. The summed E-state index contributed by atoms with van der Waals surface area (Å²) in [5.74, 6) is 0.970. The number of alkyl halides is 2. The van der Waals surface area contributed by atoms with Gasteiger partial charge in [-0.25, -0.2) is 18.7 Å². The van der Waals surface area contributed by atoms with Gasteiger partial charge in [-0.15, -0.1) is 0 Å². The zero-order valence-electron chi connectivity index (χ0n) is 11.4. The summed E-state index contributed by atoms with van der Waals surface area (Å²) in [7, 11) is 0. The number of aromatic amines is 1. The average Bonchev–Trinajstić information content (AvgIpc) is 2.95. The fraction of sp³-hybridized carbons (Fsp3) is 0.0714. The Labute approximate surface area is 139 Å². The predicted octanol–water partition coefficient (Wildman–Crippen LogP) is 4.85. The lowest BCUT2D eigenvalue weighted by atomic mass is 10.1. The van der Waals surface area contributed by atoms with E-state index in [0.717, 1.165) is 0 Å². The Morgan fingerprint density at radius 1 is 1.09 bits per heavy atom. The lowest BCUT2D eigenvalue weighted by molar-refractivity contribution is 0.151. The molecule has 0 amide bonds. The molecule has 0 aliphatic heterocycles. The van der Waals surface area contributed by atoms with Gasteiger partial charge in [0.1, 0.15) is 5.82 Å². The van der Waals surface area contributed by atoms with Crippen molar-refractivity contribution in [1.82, 2.24) is 20.2 Å². The number of hydrogen-bond acceptors (Lipinski definition) is 4. The molecule has 1 aromatic carbocycles. The van der Waals surface area contributed by atoms with Crippen molar-refractivity contribution in [2.24, 2.45) is 0 Å². The van der Waals surface area contributed by atoms with Crippen LogP contribution in [0.1, 0.15) is 12.0 Å². The molecular weight excluding hydrogens is 347 g/mol. The van der Waals surface area contributed by atoms with Gasteiger partial charge in [-0.05, 0) is 23.7 Å². The second kappa shape index (κ2) is 6.47. The van der Waals surface area contributed by atoms with Crippen LogP contribution in [0.25, 0.3) is 11.3 Å². The molecule has 0 aliphatic rings. The van der Waals surface area contributed by atoms with Crippen molar-refractivity contribution in [3.63, 3.8) is 0 Å². The van der Waals surface area contributed by atoms with Crippen molar-refractivity contribution in [2.45, 2.75) is 6.43 Å². The highest BCUT2D eigenvalue weighted by Crippen LogP contribution is 2.31. The lowest BCUT2D eigenvalue weighted by Gasteiger charge is -2.04. The predicted molar refractivity (Wildman–Crippen MR) is 84.3 cm³/mol. The fourth-order valence-electron chi connectivity index (χ4n) is 1.94. The molecule has 2 heterocycles. The lowest BCUT2D eigenvalue weighted by Crippen LogP contribution is -1.94. The van der Waals surface area contributed by atoms with E-state index in [1.165, 1.54) is 18.3 Å². The first-order chi connectivity index (χ1) is 11.0. The number of nitrogens with one attached hydrogen (secondary N) is 2. The van der Waals surface area contributed by atoms with E-state index in [2.05, 4.69) is 25.5 Å². The van der Waals surface area contributed by atoms with Crippen LogP contribution in [0, 0.1) is 0 Å². The first-order valence-electron chi connectivity index (χ1n) is 6.42. The van der Waals surface area contributed by atoms with Gasteiger partial charge < -0.3 is 5.32 Å². The van der Waals surface area contributed by atoms with Crippen LogP contribution < -0.4 is 5.32 Å². The Morgan fingerprint density at radius 3 is 2.61 bits per heavy atom. The Kier molecular flexibility index (Phi) is 4.40. The van der Waals surface area contributed by atoms with Crippen molar-refractivity contribution in [2.75, 3.05) is 5.32 Å². The molecule has 0 radical (unpaired) electrons. The third kappa shape index (κ3) is 3.57. The van der Waals surface area contributed by atoms with Crippen LogP contribution in [-0.4, -0.2) is 20.2 Å². The molecule has 23 heavy (non-hydrogen) atoms. The Morgan fingerprint density at radius 2 is 1.91 bits per heavy atom. The van der Waals surface area contributed by atoms with E-state index in [0.29, 0.717) is 22.9 Å². The van der Waals surface area contributed by atoms with Crippen molar-refractivity contribution >= 4 is 34.8 Å². The van der Waals surface area contributed by atoms with Crippen LogP contribution >= 0.6 is 23.2 Å². The minimum Gasteiger partial charge on any atom is -0.323 e. The molecule has 9 heteroatoms. The zero-order valence-corrected chi connectivity index (χ0v) is 12.9. The summed E-state index contributed by atoms with van der Waals surface area (Å²) in [6.07, 6.45) is -1.10. The van der Waals surface area contributed by atoms with Crippen molar-refractivity contribution < 1.29 is 8.78 Å². The maximum absolute atomic E-state index is 12.7. The van der Waals surface area contributed by atoms with Gasteiger partial charge in [-0.3, -0.25) is 5.10 Å². The molecule has 0 atom stereocenters. The summed E-state index contributed by atoms with van der Waals surface area (Å²) in [5, 5.41) is 9.94. The minimum atomic E-state index is -2.61. The Bertz CT molecular complexity index is 838. The molecule has 3 aromatic rings. The maximum Gasteiger partial charge on any atom is 0.265 e. The van der Waals surface area contributed by atoms with Crippen molar-refractivity contribution in [3.8, 4) is 11.3 Å². The third-order valence-electron chi connectivity index (χ3n) is 3.01. The van der Waals surface area contributed by atoms with Gasteiger partial charge in [-0.2, -0.15) is 5.10 Å². The van der Waals surface area contributed by atoms with E-state index in [-0.39, 0.29) is 15.9 Å². The van der Waals surface area contributed by atoms with E-state index < -0.39 is 6.43 Å². The molecule has 5 nitrogen and oxygen atoms in total. The summed E-state index contributed by atoms with van der Waals surface area (Å²) < 4.78 is 25.4. The molecule has 2 N–H and O–H groups in total. The second-order valence-corrected chi connectivity index (χ2v) is 5.29. The van der Waals surface area contributed by atoms with Crippen LogP contribution in [0.5, 0.6) is 0 Å². The summed E-state index contributed by atoms with van der Waals surface area (Å²) in [5.41, 5.74) is 1.06. The topological polar surface area (TPSA) is 66.5 Å². The average molecular weight is 356 g/mol. The first kappa shape index (κ1) is 15.6. The summed E-state index contributed by atoms with van der Waals surface area (Å²) in [6.45, 7) is 0. The van der Waals surface area contributed by atoms with Crippen LogP contribution in [0.3, 0.4) is 0 Å². The third-order valence-corrected chi connectivity index (χ3v) is 3.52. The summed E-state index contributed by atoms with van der Waals surface area (Å²) in [6, 6.07) is 7.63. The minimum absolute atomic E-state index is 0.00388. The van der Waals surface area contributed by atoms with Crippen LogP contribution in [0.4, 0.5) is 20.4 Å². The molecule has 2 aromatic heterocycles. The second-order valence-electron chi connectivity index (χ2n) is 4.54. The number of benzene rings is 1. The van der Waals surface area contributed by atoms with Crippen molar-refractivity contribution in [1.29, 1.82) is 0 Å². The van der Waals surface area contributed by atoms with Crippen molar-refractivity contribution in [3.05, 3.63) is 52.4 Å². The number of aromatic nitrogens is 4. The highest BCUT2D eigenvalue weighted by atomic mass is 35.5. The summed E-state index contributed by atoms with van der Waals surface area (Å²) >= 11 is 11.6. The monoisotopic (exact) mass is 355 g/mol. The van der Waals surface area contributed by atoms with E-state index in [4.69, 9.17) is 23.2 Å². The molecule has 0 bridgehead atoms. The van der Waals surface area contributed by atoms with E-state index in [9.17, 15) is 8.78 Å². The SMILES string of the molecule is FC(F)c1ccc(-c2cc(Nc3ccnc(Cl)n3)n[nH]2)cc1Cl.